The van der Waals surface area contributed by atoms with E-state index in [1.165, 1.54) is 6.08 Å². The van der Waals surface area contributed by atoms with Crippen molar-refractivity contribution in [3.8, 4) is 0 Å². The summed E-state index contributed by atoms with van der Waals surface area (Å²) >= 11 is 0. The highest BCUT2D eigenvalue weighted by molar-refractivity contribution is 5.67. The van der Waals surface area contributed by atoms with Gasteiger partial charge in [0.05, 0.1) is 6.42 Å². The second-order valence-electron chi connectivity index (χ2n) is 2.90. The van der Waals surface area contributed by atoms with Crippen molar-refractivity contribution in [2.45, 2.75) is 13.3 Å². The van der Waals surface area contributed by atoms with Crippen LogP contribution in [0, 0.1) is 5.92 Å². The largest absolute Gasteiger partial charge is 0.509 e. The van der Waals surface area contributed by atoms with Crippen molar-refractivity contribution in [3.05, 3.63) is 36.6 Å². The first kappa shape index (κ1) is 11.5. The molecule has 3 nitrogen and oxygen atoms in total. The minimum atomic E-state index is -0.857. The molecule has 0 aromatic rings. The molecule has 0 aliphatic carbocycles. The highest BCUT2D eigenvalue weighted by Gasteiger charge is 2.08. The number of carboxylic acids is 1. The summed E-state index contributed by atoms with van der Waals surface area (Å²) in [5.41, 5.74) is 0.664. The topological polar surface area (TPSA) is 57.5 Å². The van der Waals surface area contributed by atoms with E-state index in [-0.39, 0.29) is 18.1 Å². The average Bonchev–Trinajstić information content (AvgIpc) is 1.98. The third kappa shape index (κ3) is 5.73. The molecule has 0 aliphatic heterocycles. The van der Waals surface area contributed by atoms with Gasteiger partial charge in [-0.15, -0.1) is 0 Å². The van der Waals surface area contributed by atoms with Gasteiger partial charge in [-0.1, -0.05) is 31.7 Å². The van der Waals surface area contributed by atoms with Crippen LogP contribution in [0.1, 0.15) is 13.3 Å². The van der Waals surface area contributed by atoms with Crippen molar-refractivity contribution in [3.63, 3.8) is 0 Å². The van der Waals surface area contributed by atoms with Crippen LogP contribution < -0.4 is 0 Å². The zero-order valence-corrected chi connectivity index (χ0v) is 7.66. The predicted octanol–water partition coefficient (Wildman–Crippen LogP) is 2.28. The molecule has 0 heterocycles. The number of hydrogen-bond donors (Lipinski definition) is 2. The summed E-state index contributed by atoms with van der Waals surface area (Å²) in [5.74, 6) is -1.05. The van der Waals surface area contributed by atoms with E-state index in [0.29, 0.717) is 5.57 Å². The van der Waals surface area contributed by atoms with Gasteiger partial charge < -0.3 is 10.2 Å². The molecule has 0 aliphatic rings. The Morgan fingerprint density at radius 2 is 1.92 bits per heavy atom. The Labute approximate surface area is 77.7 Å². The molecule has 0 saturated heterocycles. The third-order valence-corrected chi connectivity index (χ3v) is 1.60. The Bertz CT molecular complexity index is 251. The van der Waals surface area contributed by atoms with Crippen LogP contribution in [0.5, 0.6) is 0 Å². The second-order valence-corrected chi connectivity index (χ2v) is 2.90. The maximum atomic E-state index is 10.3. The molecule has 0 saturated carbocycles. The molecule has 0 radical (unpaired) electrons. The van der Waals surface area contributed by atoms with Crippen molar-refractivity contribution < 1.29 is 15.0 Å². The summed E-state index contributed by atoms with van der Waals surface area (Å²) in [7, 11) is 0. The van der Waals surface area contributed by atoms with E-state index in [4.69, 9.17) is 10.2 Å². The van der Waals surface area contributed by atoms with Gasteiger partial charge >= 0.3 is 5.97 Å². The molecule has 0 amide bonds. The van der Waals surface area contributed by atoms with Crippen molar-refractivity contribution in [1.82, 2.24) is 0 Å². The number of aliphatic carboxylic acids is 1. The third-order valence-electron chi connectivity index (χ3n) is 1.60. The van der Waals surface area contributed by atoms with Crippen LogP contribution in [0.3, 0.4) is 0 Å². The second kappa shape index (κ2) is 5.19. The summed E-state index contributed by atoms with van der Waals surface area (Å²) in [4.78, 5) is 10.3. The first-order valence-corrected chi connectivity index (χ1v) is 3.90. The Hall–Kier alpha value is -1.51. The standard InChI is InChI=1S/C10H14O3/c1-7(4-5-9(3)11)8(2)6-10(12)13/h4-5,8,11H,1,3,6H2,2H3,(H,12,13)/b5-4-. The maximum absolute atomic E-state index is 10.3. The fourth-order valence-electron chi connectivity index (χ4n) is 0.761. The molecular weight excluding hydrogens is 168 g/mol. The van der Waals surface area contributed by atoms with Gasteiger partial charge in [0.25, 0.3) is 0 Å². The molecule has 0 fully saturated rings. The highest BCUT2D eigenvalue weighted by Crippen LogP contribution is 2.14. The number of rotatable bonds is 5. The van der Waals surface area contributed by atoms with Crippen molar-refractivity contribution in [2.24, 2.45) is 5.92 Å². The summed E-state index contributed by atoms with van der Waals surface area (Å²) in [6.07, 6.45) is 3.00. The summed E-state index contributed by atoms with van der Waals surface area (Å²) in [5, 5.41) is 17.2. The summed E-state index contributed by atoms with van der Waals surface area (Å²) < 4.78 is 0. The molecule has 3 heteroatoms. The van der Waals surface area contributed by atoms with E-state index >= 15 is 0 Å². The first-order valence-electron chi connectivity index (χ1n) is 3.90. The van der Waals surface area contributed by atoms with Gasteiger partial charge in [0.1, 0.15) is 5.76 Å². The van der Waals surface area contributed by atoms with E-state index in [9.17, 15) is 4.79 Å². The van der Waals surface area contributed by atoms with Crippen LogP contribution >= 0.6 is 0 Å². The monoisotopic (exact) mass is 182 g/mol. The molecule has 2 N–H and O–H groups in total. The number of aliphatic hydroxyl groups is 1. The first-order chi connectivity index (χ1) is 5.93. The Morgan fingerprint density at radius 1 is 1.38 bits per heavy atom. The van der Waals surface area contributed by atoms with Crippen molar-refractivity contribution in [1.29, 1.82) is 0 Å². The van der Waals surface area contributed by atoms with Crippen LogP contribution in [-0.4, -0.2) is 16.2 Å². The van der Waals surface area contributed by atoms with E-state index in [1.807, 2.05) is 0 Å². The van der Waals surface area contributed by atoms with Crippen LogP contribution in [0.2, 0.25) is 0 Å². The lowest BCUT2D eigenvalue weighted by Crippen LogP contribution is -2.04. The smallest absolute Gasteiger partial charge is 0.303 e. The lowest BCUT2D eigenvalue weighted by molar-refractivity contribution is -0.137. The number of allylic oxidation sites excluding steroid dienone is 3. The van der Waals surface area contributed by atoms with Gasteiger partial charge in [0, 0.05) is 0 Å². The highest BCUT2D eigenvalue weighted by atomic mass is 16.4. The van der Waals surface area contributed by atoms with Crippen molar-refractivity contribution in [2.75, 3.05) is 0 Å². The molecule has 0 rings (SSSR count). The van der Waals surface area contributed by atoms with E-state index in [0.717, 1.165) is 0 Å². The van der Waals surface area contributed by atoms with Crippen molar-refractivity contribution >= 4 is 5.97 Å². The SMILES string of the molecule is C=C(O)/C=C\C(=C)C(C)CC(=O)O. The molecule has 0 bridgehead atoms. The number of hydrogen-bond acceptors (Lipinski definition) is 2. The van der Waals surface area contributed by atoms with E-state index in [2.05, 4.69) is 13.2 Å². The Balaban J connectivity index is 4.11. The van der Waals surface area contributed by atoms with E-state index < -0.39 is 5.97 Å². The normalized spacial score (nSPS) is 12.7. The van der Waals surface area contributed by atoms with Crippen LogP contribution in [-0.2, 0) is 4.79 Å². The Morgan fingerprint density at radius 3 is 2.31 bits per heavy atom. The van der Waals surface area contributed by atoms with Gasteiger partial charge in [0.2, 0.25) is 0 Å². The molecule has 13 heavy (non-hydrogen) atoms. The van der Waals surface area contributed by atoms with E-state index in [1.54, 1.807) is 13.0 Å². The molecule has 0 aromatic carbocycles. The predicted molar refractivity (Wildman–Crippen MR) is 51.5 cm³/mol. The van der Waals surface area contributed by atoms with Crippen LogP contribution in [0.4, 0.5) is 0 Å². The average molecular weight is 182 g/mol. The molecular formula is C10H14O3. The molecule has 0 spiro atoms. The Kier molecular flexibility index (Phi) is 4.59. The quantitative estimate of drug-likeness (QED) is 0.506. The zero-order valence-electron chi connectivity index (χ0n) is 7.66. The van der Waals surface area contributed by atoms with Crippen LogP contribution in [0.25, 0.3) is 0 Å². The minimum Gasteiger partial charge on any atom is -0.509 e. The van der Waals surface area contributed by atoms with Crippen LogP contribution in [0.15, 0.2) is 36.6 Å². The summed E-state index contributed by atoms with van der Waals surface area (Å²) in [6, 6.07) is 0. The molecule has 1 unspecified atom stereocenters. The van der Waals surface area contributed by atoms with Gasteiger partial charge in [-0.2, -0.15) is 0 Å². The maximum Gasteiger partial charge on any atom is 0.303 e. The molecule has 72 valence electrons. The fourth-order valence-corrected chi connectivity index (χ4v) is 0.761. The number of aliphatic hydroxyl groups excluding tert-OH is 1. The lowest BCUT2D eigenvalue weighted by atomic mass is 9.99. The zero-order chi connectivity index (χ0) is 10.4. The fraction of sp³-hybridized carbons (Fsp3) is 0.300. The number of carboxylic acid groups (broad SMARTS) is 1. The minimum absolute atomic E-state index is 0.0427. The van der Waals surface area contributed by atoms with Gasteiger partial charge in [-0.3, -0.25) is 4.79 Å². The number of carbonyl (C=O) groups is 1. The molecule has 0 aromatic heterocycles. The van der Waals surface area contributed by atoms with Gasteiger partial charge in [-0.05, 0) is 12.0 Å². The summed E-state index contributed by atoms with van der Waals surface area (Å²) in [6.45, 7) is 8.70. The lowest BCUT2D eigenvalue weighted by Gasteiger charge is -2.07. The van der Waals surface area contributed by atoms with Gasteiger partial charge in [0.15, 0.2) is 0 Å². The molecule has 1 atom stereocenters. The van der Waals surface area contributed by atoms with Gasteiger partial charge in [-0.25, -0.2) is 0 Å².